The topological polar surface area (TPSA) is 12.0 Å². The summed E-state index contributed by atoms with van der Waals surface area (Å²) in [4.78, 5) is 0. The molecule has 1 nitrogen and oxygen atoms in total. The van der Waals surface area contributed by atoms with Gasteiger partial charge in [0.15, 0.2) is 0 Å². The van der Waals surface area contributed by atoms with E-state index in [2.05, 4.69) is 44.1 Å². The summed E-state index contributed by atoms with van der Waals surface area (Å²) in [5.41, 5.74) is 0.559. The van der Waals surface area contributed by atoms with Crippen LogP contribution in [0, 0.1) is 11.3 Å². The standard InChI is InChI=1S/C14H27NS/c1-11-8-13(2,3)9-12(11)15-10-14(16-4)6-5-7-14/h11-12,15H,5-10H2,1-4H3. The molecule has 94 valence electrons. The molecule has 0 amide bonds. The Balaban J connectivity index is 1.82. The van der Waals surface area contributed by atoms with Crippen molar-refractivity contribution in [1.82, 2.24) is 5.32 Å². The molecule has 2 rings (SSSR count). The Hall–Kier alpha value is 0.310. The van der Waals surface area contributed by atoms with Crippen LogP contribution in [0.15, 0.2) is 0 Å². The molecule has 2 unspecified atom stereocenters. The van der Waals surface area contributed by atoms with Crippen LogP contribution < -0.4 is 5.32 Å². The van der Waals surface area contributed by atoms with Gasteiger partial charge >= 0.3 is 0 Å². The Kier molecular flexibility index (Phi) is 3.61. The molecular formula is C14H27NS. The van der Waals surface area contributed by atoms with E-state index in [1.807, 2.05) is 0 Å². The van der Waals surface area contributed by atoms with Crippen LogP contribution in [0.2, 0.25) is 0 Å². The Morgan fingerprint density at radius 2 is 1.94 bits per heavy atom. The molecule has 0 heterocycles. The van der Waals surface area contributed by atoms with Crippen molar-refractivity contribution < 1.29 is 0 Å². The first-order valence-corrected chi connectivity index (χ1v) is 7.97. The minimum Gasteiger partial charge on any atom is -0.312 e. The number of nitrogens with one attached hydrogen (secondary N) is 1. The third kappa shape index (κ3) is 2.59. The average molecular weight is 241 g/mol. The first kappa shape index (κ1) is 12.8. The van der Waals surface area contributed by atoms with E-state index in [1.165, 1.54) is 38.6 Å². The molecule has 2 atom stereocenters. The van der Waals surface area contributed by atoms with Crippen LogP contribution in [-0.4, -0.2) is 23.6 Å². The monoisotopic (exact) mass is 241 g/mol. The smallest absolute Gasteiger partial charge is 0.0281 e. The van der Waals surface area contributed by atoms with Crippen LogP contribution in [0.5, 0.6) is 0 Å². The van der Waals surface area contributed by atoms with E-state index >= 15 is 0 Å². The minimum absolute atomic E-state index is 0.559. The molecule has 0 aromatic rings. The van der Waals surface area contributed by atoms with E-state index in [-0.39, 0.29) is 0 Å². The second kappa shape index (κ2) is 4.53. The summed E-state index contributed by atoms with van der Waals surface area (Å²) in [5, 5.41) is 3.86. The number of hydrogen-bond donors (Lipinski definition) is 1. The van der Waals surface area contributed by atoms with Crippen molar-refractivity contribution in [2.45, 2.75) is 63.7 Å². The van der Waals surface area contributed by atoms with E-state index in [1.54, 1.807) is 0 Å². The molecule has 0 radical (unpaired) electrons. The van der Waals surface area contributed by atoms with Gasteiger partial charge in [-0.1, -0.05) is 27.2 Å². The van der Waals surface area contributed by atoms with Crippen LogP contribution in [0.4, 0.5) is 0 Å². The molecular weight excluding hydrogens is 214 g/mol. The molecule has 0 spiro atoms. The van der Waals surface area contributed by atoms with Crippen molar-refractivity contribution >= 4 is 11.8 Å². The van der Waals surface area contributed by atoms with Gasteiger partial charge in [0, 0.05) is 17.3 Å². The quantitative estimate of drug-likeness (QED) is 0.805. The van der Waals surface area contributed by atoms with Crippen LogP contribution in [-0.2, 0) is 0 Å². The van der Waals surface area contributed by atoms with E-state index in [9.17, 15) is 0 Å². The Morgan fingerprint density at radius 1 is 1.25 bits per heavy atom. The normalized spacial score (nSPS) is 36.0. The van der Waals surface area contributed by atoms with Gasteiger partial charge in [-0.15, -0.1) is 0 Å². The van der Waals surface area contributed by atoms with Gasteiger partial charge in [0.05, 0.1) is 0 Å². The molecule has 0 aliphatic heterocycles. The van der Waals surface area contributed by atoms with Crippen LogP contribution in [0.1, 0.15) is 52.9 Å². The SMILES string of the molecule is CSC1(CNC2CC(C)(C)CC2C)CCC1. The van der Waals surface area contributed by atoms with Gasteiger partial charge < -0.3 is 5.32 Å². The zero-order chi connectivity index (χ0) is 11.8. The van der Waals surface area contributed by atoms with Crippen LogP contribution >= 0.6 is 11.8 Å². The molecule has 0 aromatic heterocycles. The highest BCUT2D eigenvalue weighted by Gasteiger charge is 2.40. The molecule has 2 fully saturated rings. The summed E-state index contributed by atoms with van der Waals surface area (Å²) in [6.07, 6.45) is 9.31. The molecule has 0 bridgehead atoms. The molecule has 2 aliphatic carbocycles. The van der Waals surface area contributed by atoms with Gasteiger partial charge in [-0.25, -0.2) is 0 Å². The lowest BCUT2D eigenvalue weighted by Gasteiger charge is -2.41. The third-order valence-corrected chi connectivity index (χ3v) is 6.14. The summed E-state index contributed by atoms with van der Waals surface area (Å²) in [5.74, 6) is 0.856. The second-order valence-electron chi connectivity index (χ2n) is 6.78. The largest absolute Gasteiger partial charge is 0.312 e. The summed E-state index contributed by atoms with van der Waals surface area (Å²) < 4.78 is 0.590. The zero-order valence-corrected chi connectivity index (χ0v) is 12.1. The Labute approximate surface area is 105 Å². The van der Waals surface area contributed by atoms with Gasteiger partial charge in [-0.3, -0.25) is 0 Å². The van der Waals surface area contributed by atoms with Gasteiger partial charge in [-0.2, -0.15) is 11.8 Å². The lowest BCUT2D eigenvalue weighted by molar-refractivity contribution is 0.310. The minimum atomic E-state index is 0.559. The van der Waals surface area contributed by atoms with Gasteiger partial charge in [0.2, 0.25) is 0 Å². The Bertz CT molecular complexity index is 240. The van der Waals surface area contributed by atoms with Gasteiger partial charge in [-0.05, 0) is 43.3 Å². The fourth-order valence-electron chi connectivity index (χ4n) is 3.51. The van der Waals surface area contributed by atoms with E-state index in [0.717, 1.165) is 12.0 Å². The number of hydrogen-bond acceptors (Lipinski definition) is 2. The molecule has 2 saturated carbocycles. The van der Waals surface area contributed by atoms with Crippen LogP contribution in [0.3, 0.4) is 0 Å². The summed E-state index contributed by atoms with van der Waals surface area (Å²) in [6, 6.07) is 0.764. The van der Waals surface area contributed by atoms with Gasteiger partial charge in [0.25, 0.3) is 0 Å². The first-order chi connectivity index (χ1) is 7.46. The number of rotatable bonds is 4. The van der Waals surface area contributed by atoms with E-state index in [0.29, 0.717) is 10.2 Å². The summed E-state index contributed by atoms with van der Waals surface area (Å²) >= 11 is 2.08. The molecule has 1 N–H and O–H groups in total. The lowest BCUT2D eigenvalue weighted by atomic mass is 9.84. The molecule has 0 saturated heterocycles. The average Bonchev–Trinajstić information content (AvgIpc) is 2.38. The number of thioether (sulfide) groups is 1. The molecule has 16 heavy (non-hydrogen) atoms. The van der Waals surface area contributed by atoms with E-state index in [4.69, 9.17) is 0 Å². The fourth-order valence-corrected chi connectivity index (χ4v) is 4.43. The van der Waals surface area contributed by atoms with Crippen molar-refractivity contribution in [3.8, 4) is 0 Å². The molecule has 0 aromatic carbocycles. The predicted octanol–water partition coefficient (Wildman–Crippen LogP) is 3.69. The third-order valence-electron chi connectivity index (χ3n) is 4.72. The fraction of sp³-hybridized carbons (Fsp3) is 1.00. The highest BCUT2D eigenvalue weighted by molar-refractivity contribution is 8.00. The van der Waals surface area contributed by atoms with Crippen molar-refractivity contribution in [3.63, 3.8) is 0 Å². The summed E-state index contributed by atoms with van der Waals surface area (Å²) in [7, 11) is 0. The predicted molar refractivity (Wildman–Crippen MR) is 74.1 cm³/mol. The van der Waals surface area contributed by atoms with Crippen molar-refractivity contribution in [3.05, 3.63) is 0 Å². The maximum absolute atomic E-state index is 3.86. The highest BCUT2D eigenvalue weighted by atomic mass is 32.2. The lowest BCUT2D eigenvalue weighted by Crippen LogP contribution is -2.47. The van der Waals surface area contributed by atoms with Crippen molar-refractivity contribution in [1.29, 1.82) is 0 Å². The highest BCUT2D eigenvalue weighted by Crippen LogP contribution is 2.44. The van der Waals surface area contributed by atoms with Crippen molar-refractivity contribution in [2.24, 2.45) is 11.3 Å². The van der Waals surface area contributed by atoms with Crippen molar-refractivity contribution in [2.75, 3.05) is 12.8 Å². The molecule has 2 heteroatoms. The van der Waals surface area contributed by atoms with Crippen LogP contribution in [0.25, 0.3) is 0 Å². The van der Waals surface area contributed by atoms with Gasteiger partial charge in [0.1, 0.15) is 0 Å². The summed E-state index contributed by atoms with van der Waals surface area (Å²) in [6.45, 7) is 8.48. The second-order valence-corrected chi connectivity index (χ2v) is 8.05. The molecule has 2 aliphatic rings. The zero-order valence-electron chi connectivity index (χ0n) is 11.3. The maximum Gasteiger partial charge on any atom is 0.0281 e. The maximum atomic E-state index is 3.86. The Morgan fingerprint density at radius 3 is 2.31 bits per heavy atom. The first-order valence-electron chi connectivity index (χ1n) is 6.75. The van der Waals surface area contributed by atoms with E-state index < -0.39 is 0 Å².